The maximum absolute atomic E-state index is 12.8. The Bertz CT molecular complexity index is 1160. The molecule has 7 heteroatoms. The van der Waals surface area contributed by atoms with Crippen molar-refractivity contribution in [3.63, 3.8) is 0 Å². The number of fused-ring (bicyclic) bond motifs is 1. The molecule has 1 N–H and O–H groups in total. The number of benzene rings is 2. The standard InChI is InChI=1S/C20H14N2O3S2/c23-20-16-10-5-4-9-15(16)17(22-27(24,25)19-11-6-12-26-19)13-18(20)21-14-7-2-1-3-8-14/h1-13,21H/b22-17+. The molecule has 0 radical (unpaired) electrons. The smallest absolute Gasteiger partial charge is 0.292 e. The second-order valence-corrected chi connectivity index (χ2v) is 8.59. The van der Waals surface area contributed by atoms with Gasteiger partial charge in [-0.2, -0.15) is 12.8 Å². The van der Waals surface area contributed by atoms with Gasteiger partial charge in [0, 0.05) is 16.8 Å². The average molecular weight is 394 g/mol. The summed E-state index contributed by atoms with van der Waals surface area (Å²) in [7, 11) is -3.85. The largest absolute Gasteiger partial charge is 0.352 e. The second kappa shape index (κ2) is 6.94. The van der Waals surface area contributed by atoms with Gasteiger partial charge in [0.1, 0.15) is 4.21 Å². The molecular weight excluding hydrogens is 380 g/mol. The van der Waals surface area contributed by atoms with Crippen molar-refractivity contribution in [3.8, 4) is 0 Å². The molecule has 5 nitrogen and oxygen atoms in total. The van der Waals surface area contributed by atoms with Crippen molar-refractivity contribution >= 4 is 38.5 Å². The van der Waals surface area contributed by atoms with E-state index in [2.05, 4.69) is 9.71 Å². The molecule has 3 aromatic rings. The number of anilines is 1. The summed E-state index contributed by atoms with van der Waals surface area (Å²) in [5.74, 6) is -0.207. The van der Waals surface area contributed by atoms with E-state index in [1.807, 2.05) is 30.3 Å². The van der Waals surface area contributed by atoms with Crippen molar-refractivity contribution in [2.24, 2.45) is 4.40 Å². The summed E-state index contributed by atoms with van der Waals surface area (Å²) < 4.78 is 29.4. The first kappa shape index (κ1) is 17.4. The fourth-order valence-corrected chi connectivity index (χ4v) is 4.72. The SMILES string of the molecule is O=C1C(Nc2ccccc2)=C/C(=N\S(=O)(=O)c2cccs2)c2ccccc21. The van der Waals surface area contributed by atoms with Gasteiger partial charge in [-0.25, -0.2) is 0 Å². The van der Waals surface area contributed by atoms with E-state index in [0.717, 1.165) is 17.0 Å². The minimum atomic E-state index is -3.85. The van der Waals surface area contributed by atoms with Crippen LogP contribution in [0.25, 0.3) is 0 Å². The van der Waals surface area contributed by atoms with Crippen LogP contribution in [0.4, 0.5) is 5.69 Å². The number of carbonyl (C=O) groups excluding carboxylic acids is 1. The molecule has 0 saturated carbocycles. The molecule has 0 amide bonds. The van der Waals surface area contributed by atoms with Gasteiger partial charge in [-0.15, -0.1) is 11.3 Å². The number of carbonyl (C=O) groups is 1. The van der Waals surface area contributed by atoms with Crippen LogP contribution in [0.2, 0.25) is 0 Å². The first-order chi connectivity index (χ1) is 13.0. The lowest BCUT2D eigenvalue weighted by Crippen LogP contribution is -2.22. The zero-order valence-corrected chi connectivity index (χ0v) is 15.6. The van der Waals surface area contributed by atoms with E-state index in [1.165, 1.54) is 12.1 Å². The minimum Gasteiger partial charge on any atom is -0.352 e. The van der Waals surface area contributed by atoms with Crippen molar-refractivity contribution in [1.82, 2.24) is 0 Å². The molecule has 2 aromatic carbocycles. The number of hydrogen-bond acceptors (Lipinski definition) is 5. The highest BCUT2D eigenvalue weighted by Crippen LogP contribution is 2.26. The molecular formula is C20H14N2O3S2. The van der Waals surface area contributed by atoms with Crippen molar-refractivity contribution in [2.75, 3.05) is 5.32 Å². The van der Waals surface area contributed by atoms with Crippen LogP contribution < -0.4 is 5.32 Å². The number of hydrogen-bond donors (Lipinski definition) is 1. The number of rotatable bonds is 4. The van der Waals surface area contributed by atoms with Gasteiger partial charge in [0.15, 0.2) is 0 Å². The number of nitrogens with zero attached hydrogens (tertiary/aromatic N) is 1. The third-order valence-electron chi connectivity index (χ3n) is 3.99. The molecule has 1 aliphatic carbocycles. The maximum atomic E-state index is 12.8. The highest BCUT2D eigenvalue weighted by molar-refractivity contribution is 7.92. The topological polar surface area (TPSA) is 75.6 Å². The summed E-state index contributed by atoms with van der Waals surface area (Å²) in [4.78, 5) is 12.8. The summed E-state index contributed by atoms with van der Waals surface area (Å²) >= 11 is 1.11. The third-order valence-corrected chi connectivity index (χ3v) is 6.66. The molecule has 4 rings (SSSR count). The Morgan fingerprint density at radius 2 is 1.56 bits per heavy atom. The van der Waals surface area contributed by atoms with Gasteiger partial charge < -0.3 is 5.32 Å². The normalized spacial score (nSPS) is 15.3. The Morgan fingerprint density at radius 1 is 0.852 bits per heavy atom. The second-order valence-electron chi connectivity index (χ2n) is 5.81. The Hall–Kier alpha value is -3.03. The molecule has 134 valence electrons. The van der Waals surface area contributed by atoms with Crippen LogP contribution in [0.3, 0.4) is 0 Å². The lowest BCUT2D eigenvalue weighted by atomic mass is 9.92. The monoisotopic (exact) mass is 394 g/mol. The molecule has 1 aliphatic rings. The zero-order chi connectivity index (χ0) is 18.9. The number of thiophene rings is 1. The molecule has 0 saturated heterocycles. The summed E-state index contributed by atoms with van der Waals surface area (Å²) in [6.07, 6.45) is 1.49. The van der Waals surface area contributed by atoms with E-state index in [4.69, 9.17) is 0 Å². The van der Waals surface area contributed by atoms with Crippen LogP contribution in [0.1, 0.15) is 15.9 Å². The molecule has 27 heavy (non-hydrogen) atoms. The fourth-order valence-electron chi connectivity index (χ4n) is 2.76. The van der Waals surface area contributed by atoms with E-state index >= 15 is 0 Å². The van der Waals surface area contributed by atoms with Gasteiger partial charge in [0.25, 0.3) is 10.0 Å². The summed E-state index contributed by atoms with van der Waals surface area (Å²) in [6.45, 7) is 0. The van der Waals surface area contributed by atoms with E-state index in [-0.39, 0.29) is 21.4 Å². The van der Waals surface area contributed by atoms with Crippen LogP contribution in [-0.4, -0.2) is 19.9 Å². The number of nitrogens with one attached hydrogen (secondary N) is 1. The quantitative estimate of drug-likeness (QED) is 0.722. The van der Waals surface area contributed by atoms with E-state index in [0.29, 0.717) is 11.1 Å². The highest BCUT2D eigenvalue weighted by Gasteiger charge is 2.26. The van der Waals surface area contributed by atoms with Crippen molar-refractivity contribution in [3.05, 3.63) is 95.0 Å². The molecule has 1 heterocycles. The Kier molecular flexibility index (Phi) is 4.47. The summed E-state index contributed by atoms with van der Waals surface area (Å²) in [5, 5.41) is 4.74. The molecule has 0 unspecified atom stereocenters. The number of sulfonamides is 1. The van der Waals surface area contributed by atoms with Crippen LogP contribution in [0.5, 0.6) is 0 Å². The molecule has 0 bridgehead atoms. The summed E-state index contributed by atoms with van der Waals surface area (Å²) in [5.41, 5.74) is 2.16. The van der Waals surface area contributed by atoms with Gasteiger partial charge in [0.05, 0.1) is 11.4 Å². The van der Waals surface area contributed by atoms with E-state index in [9.17, 15) is 13.2 Å². The van der Waals surface area contributed by atoms with Crippen molar-refractivity contribution < 1.29 is 13.2 Å². The number of allylic oxidation sites excluding steroid dienone is 2. The molecule has 0 fully saturated rings. The van der Waals surface area contributed by atoms with E-state index < -0.39 is 10.0 Å². The van der Waals surface area contributed by atoms with E-state index in [1.54, 1.807) is 35.7 Å². The molecule has 1 aromatic heterocycles. The fraction of sp³-hybridized carbons (Fsp3) is 0. The number of Topliss-reactive ketones (excluding diaryl/α,β-unsaturated/α-hetero) is 1. The van der Waals surface area contributed by atoms with Gasteiger partial charge in [-0.3, -0.25) is 4.79 Å². The van der Waals surface area contributed by atoms with Gasteiger partial charge in [-0.05, 0) is 29.7 Å². The van der Waals surface area contributed by atoms with Crippen molar-refractivity contribution in [1.29, 1.82) is 0 Å². The van der Waals surface area contributed by atoms with Gasteiger partial charge in [-0.1, -0.05) is 48.5 Å². The highest BCUT2D eigenvalue weighted by atomic mass is 32.2. The summed E-state index contributed by atoms with van der Waals surface area (Å²) in [6, 6.07) is 19.3. The first-order valence-corrected chi connectivity index (χ1v) is 10.4. The molecule has 0 atom stereocenters. The maximum Gasteiger partial charge on any atom is 0.292 e. The first-order valence-electron chi connectivity index (χ1n) is 8.11. The zero-order valence-electron chi connectivity index (χ0n) is 14.0. The lowest BCUT2D eigenvalue weighted by molar-refractivity contribution is 0.103. The van der Waals surface area contributed by atoms with Crippen molar-refractivity contribution in [2.45, 2.75) is 4.21 Å². The predicted octanol–water partition coefficient (Wildman–Crippen LogP) is 4.12. The lowest BCUT2D eigenvalue weighted by Gasteiger charge is -2.18. The average Bonchev–Trinajstić information content (AvgIpc) is 3.22. The number of para-hydroxylation sites is 1. The van der Waals surface area contributed by atoms with Crippen LogP contribution in [0.15, 0.2) is 92.5 Å². The van der Waals surface area contributed by atoms with Crippen LogP contribution in [0, 0.1) is 0 Å². The minimum absolute atomic E-state index is 0.162. The Morgan fingerprint density at radius 3 is 2.26 bits per heavy atom. The van der Waals surface area contributed by atoms with Gasteiger partial charge in [0.2, 0.25) is 5.78 Å². The Labute approximate surface area is 160 Å². The van der Waals surface area contributed by atoms with Gasteiger partial charge >= 0.3 is 0 Å². The predicted molar refractivity (Wildman–Crippen MR) is 107 cm³/mol. The molecule has 0 aliphatic heterocycles. The third kappa shape index (κ3) is 3.47. The van der Waals surface area contributed by atoms with Crippen LogP contribution >= 0.6 is 11.3 Å². The molecule has 0 spiro atoms. The Balaban J connectivity index is 1.83. The number of ketones is 1. The van der Waals surface area contributed by atoms with Crippen LogP contribution in [-0.2, 0) is 10.0 Å².